The van der Waals surface area contributed by atoms with E-state index in [4.69, 9.17) is 9.15 Å². The standard InChI is InChI=1S/C20H17N5O3/c1-13-14(2)25(12-21-13)18-9-10-19(24-23-18)28-16-7-5-15(6-8-16)22-20(26)17-4-3-11-27-17/h3-12H,1-2H3,(H,22,26). The summed E-state index contributed by atoms with van der Waals surface area (Å²) in [5.41, 5.74) is 2.58. The van der Waals surface area contributed by atoms with E-state index in [0.29, 0.717) is 23.1 Å². The number of hydrogen-bond acceptors (Lipinski definition) is 6. The highest BCUT2D eigenvalue weighted by Gasteiger charge is 2.09. The fourth-order valence-corrected chi connectivity index (χ4v) is 2.55. The van der Waals surface area contributed by atoms with Crippen molar-refractivity contribution in [2.45, 2.75) is 13.8 Å². The van der Waals surface area contributed by atoms with Crippen molar-refractivity contribution in [3.05, 3.63) is 78.3 Å². The van der Waals surface area contributed by atoms with Crippen LogP contribution in [0.3, 0.4) is 0 Å². The van der Waals surface area contributed by atoms with E-state index in [1.807, 2.05) is 24.5 Å². The molecule has 140 valence electrons. The Bertz CT molecular complexity index is 1080. The summed E-state index contributed by atoms with van der Waals surface area (Å²) in [5, 5.41) is 11.0. The number of aryl methyl sites for hydroxylation is 1. The number of benzene rings is 1. The number of aromatic nitrogens is 4. The van der Waals surface area contributed by atoms with E-state index in [1.165, 1.54) is 6.26 Å². The number of ether oxygens (including phenoxy) is 1. The van der Waals surface area contributed by atoms with E-state index < -0.39 is 0 Å². The number of carbonyl (C=O) groups excluding carboxylic acids is 1. The molecule has 1 aromatic carbocycles. The van der Waals surface area contributed by atoms with Gasteiger partial charge in [0.05, 0.1) is 12.0 Å². The summed E-state index contributed by atoms with van der Waals surface area (Å²) in [4.78, 5) is 16.2. The molecule has 3 aromatic heterocycles. The van der Waals surface area contributed by atoms with Gasteiger partial charge in [0.25, 0.3) is 5.91 Å². The first-order chi connectivity index (χ1) is 13.6. The molecule has 0 saturated carbocycles. The second-order valence-electron chi connectivity index (χ2n) is 6.07. The van der Waals surface area contributed by atoms with Crippen LogP contribution in [0.1, 0.15) is 21.9 Å². The highest BCUT2D eigenvalue weighted by Crippen LogP contribution is 2.22. The molecule has 0 aliphatic heterocycles. The van der Waals surface area contributed by atoms with Crippen LogP contribution in [0.5, 0.6) is 11.6 Å². The van der Waals surface area contributed by atoms with E-state index in [1.54, 1.807) is 48.8 Å². The molecule has 3 heterocycles. The third-order valence-corrected chi connectivity index (χ3v) is 4.20. The van der Waals surface area contributed by atoms with E-state index in [2.05, 4.69) is 20.5 Å². The number of nitrogens with one attached hydrogen (secondary N) is 1. The van der Waals surface area contributed by atoms with Crippen LogP contribution in [0.25, 0.3) is 5.82 Å². The van der Waals surface area contributed by atoms with Gasteiger partial charge < -0.3 is 14.5 Å². The fourth-order valence-electron chi connectivity index (χ4n) is 2.55. The van der Waals surface area contributed by atoms with Gasteiger partial charge in [0.1, 0.15) is 12.1 Å². The van der Waals surface area contributed by atoms with Crippen molar-refractivity contribution in [2.75, 3.05) is 5.32 Å². The van der Waals surface area contributed by atoms with Crippen molar-refractivity contribution >= 4 is 11.6 Å². The van der Waals surface area contributed by atoms with Crippen molar-refractivity contribution in [2.24, 2.45) is 0 Å². The number of furan rings is 1. The van der Waals surface area contributed by atoms with Gasteiger partial charge in [-0.05, 0) is 56.3 Å². The zero-order valence-corrected chi connectivity index (χ0v) is 15.3. The summed E-state index contributed by atoms with van der Waals surface area (Å²) in [5.74, 6) is 1.55. The van der Waals surface area contributed by atoms with Gasteiger partial charge in [-0.2, -0.15) is 0 Å². The maximum absolute atomic E-state index is 12.0. The van der Waals surface area contributed by atoms with Crippen LogP contribution in [-0.4, -0.2) is 25.7 Å². The zero-order valence-electron chi connectivity index (χ0n) is 15.3. The summed E-state index contributed by atoms with van der Waals surface area (Å²) in [7, 11) is 0. The van der Waals surface area contributed by atoms with Gasteiger partial charge in [-0.25, -0.2) is 4.98 Å². The summed E-state index contributed by atoms with van der Waals surface area (Å²) in [6, 6.07) is 13.7. The number of hydrogen-bond donors (Lipinski definition) is 1. The lowest BCUT2D eigenvalue weighted by Gasteiger charge is -2.08. The Kier molecular flexibility index (Phi) is 4.59. The van der Waals surface area contributed by atoms with Gasteiger partial charge in [-0.3, -0.25) is 9.36 Å². The maximum Gasteiger partial charge on any atom is 0.291 e. The van der Waals surface area contributed by atoms with E-state index >= 15 is 0 Å². The number of nitrogens with zero attached hydrogens (tertiary/aromatic N) is 4. The molecule has 0 unspecified atom stereocenters. The number of carbonyl (C=O) groups is 1. The van der Waals surface area contributed by atoms with Gasteiger partial charge in [-0.1, -0.05) is 0 Å². The first-order valence-corrected chi connectivity index (χ1v) is 8.57. The second-order valence-corrected chi connectivity index (χ2v) is 6.07. The molecular weight excluding hydrogens is 358 g/mol. The monoisotopic (exact) mass is 375 g/mol. The van der Waals surface area contributed by atoms with Crippen LogP contribution in [0.4, 0.5) is 5.69 Å². The predicted octanol–water partition coefficient (Wildman–Crippen LogP) is 3.92. The van der Waals surface area contributed by atoms with Crippen molar-refractivity contribution < 1.29 is 13.9 Å². The van der Waals surface area contributed by atoms with Crippen LogP contribution >= 0.6 is 0 Å². The van der Waals surface area contributed by atoms with Crippen molar-refractivity contribution in [1.82, 2.24) is 19.7 Å². The molecule has 0 spiro atoms. The average Bonchev–Trinajstić information content (AvgIpc) is 3.35. The molecule has 8 heteroatoms. The Morgan fingerprint density at radius 1 is 1.07 bits per heavy atom. The Morgan fingerprint density at radius 3 is 2.50 bits per heavy atom. The third-order valence-electron chi connectivity index (χ3n) is 4.20. The maximum atomic E-state index is 12.0. The summed E-state index contributed by atoms with van der Waals surface area (Å²) in [6.45, 7) is 3.91. The Labute approximate surface area is 160 Å². The molecule has 0 aliphatic rings. The lowest BCUT2D eigenvalue weighted by atomic mass is 10.3. The smallest absolute Gasteiger partial charge is 0.291 e. The zero-order chi connectivity index (χ0) is 19.5. The molecule has 0 radical (unpaired) electrons. The molecule has 1 N–H and O–H groups in total. The van der Waals surface area contributed by atoms with Crippen molar-refractivity contribution in [3.8, 4) is 17.4 Å². The van der Waals surface area contributed by atoms with Crippen LogP contribution in [-0.2, 0) is 0 Å². The highest BCUT2D eigenvalue weighted by atomic mass is 16.5. The first kappa shape index (κ1) is 17.5. The molecule has 4 aromatic rings. The predicted molar refractivity (Wildman–Crippen MR) is 102 cm³/mol. The topological polar surface area (TPSA) is 95.1 Å². The molecule has 8 nitrogen and oxygen atoms in total. The van der Waals surface area contributed by atoms with Gasteiger partial charge in [0.2, 0.25) is 5.88 Å². The van der Waals surface area contributed by atoms with Gasteiger partial charge in [0.15, 0.2) is 11.6 Å². The SMILES string of the molecule is Cc1ncn(-c2ccc(Oc3ccc(NC(=O)c4ccco4)cc3)nn2)c1C. The average molecular weight is 375 g/mol. The summed E-state index contributed by atoms with van der Waals surface area (Å²) in [6.07, 6.45) is 3.17. The normalized spacial score (nSPS) is 10.6. The van der Waals surface area contributed by atoms with E-state index in [-0.39, 0.29) is 11.7 Å². The Balaban J connectivity index is 1.41. The molecule has 0 saturated heterocycles. The van der Waals surface area contributed by atoms with Gasteiger partial charge >= 0.3 is 0 Å². The largest absolute Gasteiger partial charge is 0.459 e. The van der Waals surface area contributed by atoms with Gasteiger partial charge in [0, 0.05) is 17.4 Å². The van der Waals surface area contributed by atoms with Crippen LogP contribution in [0, 0.1) is 13.8 Å². The molecule has 1 amide bonds. The molecular formula is C20H17N5O3. The number of rotatable bonds is 5. The number of anilines is 1. The summed E-state index contributed by atoms with van der Waals surface area (Å²) < 4.78 is 12.6. The van der Waals surface area contributed by atoms with Gasteiger partial charge in [-0.15, -0.1) is 10.2 Å². The number of imidazole rings is 1. The molecule has 28 heavy (non-hydrogen) atoms. The Hall–Kier alpha value is -3.94. The third kappa shape index (κ3) is 3.61. The number of amides is 1. The fraction of sp³-hybridized carbons (Fsp3) is 0.100. The highest BCUT2D eigenvalue weighted by molar-refractivity contribution is 6.02. The molecule has 0 atom stereocenters. The van der Waals surface area contributed by atoms with Crippen LogP contribution in [0.2, 0.25) is 0 Å². The molecule has 0 aliphatic carbocycles. The minimum atomic E-state index is -0.315. The van der Waals surface area contributed by atoms with E-state index in [9.17, 15) is 4.79 Å². The lowest BCUT2D eigenvalue weighted by Crippen LogP contribution is -2.10. The van der Waals surface area contributed by atoms with Crippen molar-refractivity contribution in [3.63, 3.8) is 0 Å². The molecule has 4 rings (SSSR count). The Morgan fingerprint density at radius 2 is 1.89 bits per heavy atom. The van der Waals surface area contributed by atoms with Crippen LogP contribution in [0.15, 0.2) is 65.5 Å². The molecule has 0 fully saturated rings. The van der Waals surface area contributed by atoms with E-state index in [0.717, 1.165) is 11.4 Å². The summed E-state index contributed by atoms with van der Waals surface area (Å²) >= 11 is 0. The minimum absolute atomic E-state index is 0.249. The van der Waals surface area contributed by atoms with Crippen molar-refractivity contribution in [1.29, 1.82) is 0 Å². The second kappa shape index (κ2) is 7.36. The molecule has 0 bridgehead atoms. The quantitative estimate of drug-likeness (QED) is 0.568. The lowest BCUT2D eigenvalue weighted by molar-refractivity contribution is 0.0996. The minimum Gasteiger partial charge on any atom is -0.459 e. The first-order valence-electron chi connectivity index (χ1n) is 8.57. The van der Waals surface area contributed by atoms with Crippen LogP contribution < -0.4 is 10.1 Å².